The lowest BCUT2D eigenvalue weighted by Gasteiger charge is -2.05. The molecule has 0 saturated carbocycles. The average molecular weight is 218 g/mol. The molecule has 1 aromatic heterocycles. The third-order valence-corrected chi connectivity index (χ3v) is 2.82. The number of fused-ring (bicyclic) bond motifs is 1. The second kappa shape index (κ2) is 3.56. The van der Waals surface area contributed by atoms with Gasteiger partial charge in [0, 0.05) is 18.1 Å². The maximum absolute atomic E-state index is 11.4. The monoisotopic (exact) mass is 218 g/mol. The molecule has 2 rings (SSSR count). The minimum absolute atomic E-state index is 0.366. The lowest BCUT2D eigenvalue weighted by atomic mass is 10.1. The predicted molar refractivity (Wildman–Crippen MR) is 63.4 cm³/mol. The van der Waals surface area contributed by atoms with E-state index in [0.29, 0.717) is 11.3 Å². The summed E-state index contributed by atoms with van der Waals surface area (Å²) in [5.74, 6) is -0.366. The van der Waals surface area contributed by atoms with Gasteiger partial charge in [0.25, 0.3) is 0 Å². The Morgan fingerprint density at radius 1 is 1.38 bits per heavy atom. The molecule has 0 spiro atoms. The molecule has 1 heterocycles. The SMILES string of the molecule is COC(=O)c1cc(N)c2c(c1)cc(C)n2C. The molecule has 16 heavy (non-hydrogen) atoms. The highest BCUT2D eigenvalue weighted by Crippen LogP contribution is 2.26. The Bertz CT molecular complexity index is 570. The molecule has 84 valence electrons. The van der Waals surface area contributed by atoms with Crippen LogP contribution in [0.4, 0.5) is 5.69 Å². The lowest BCUT2D eigenvalue weighted by Crippen LogP contribution is -2.03. The fourth-order valence-electron chi connectivity index (χ4n) is 1.91. The average Bonchev–Trinajstić information content (AvgIpc) is 2.54. The number of nitrogens with two attached hydrogens (primary N) is 1. The summed E-state index contributed by atoms with van der Waals surface area (Å²) >= 11 is 0. The summed E-state index contributed by atoms with van der Waals surface area (Å²) < 4.78 is 6.68. The Balaban J connectivity index is 2.73. The van der Waals surface area contributed by atoms with Crippen molar-refractivity contribution in [1.82, 2.24) is 4.57 Å². The van der Waals surface area contributed by atoms with E-state index < -0.39 is 0 Å². The van der Waals surface area contributed by atoms with Crippen LogP contribution in [-0.4, -0.2) is 17.6 Å². The summed E-state index contributed by atoms with van der Waals surface area (Å²) in [4.78, 5) is 11.4. The first kappa shape index (κ1) is 10.5. The number of carbonyl (C=O) groups excluding carboxylic acids is 1. The van der Waals surface area contributed by atoms with Crippen molar-refractivity contribution >= 4 is 22.6 Å². The van der Waals surface area contributed by atoms with Crippen molar-refractivity contribution in [2.24, 2.45) is 7.05 Å². The van der Waals surface area contributed by atoms with Gasteiger partial charge in [-0.2, -0.15) is 0 Å². The van der Waals surface area contributed by atoms with E-state index in [1.807, 2.05) is 24.6 Å². The molecule has 0 radical (unpaired) electrons. The lowest BCUT2D eigenvalue weighted by molar-refractivity contribution is 0.0601. The Hall–Kier alpha value is -1.97. The van der Waals surface area contributed by atoms with Gasteiger partial charge < -0.3 is 15.0 Å². The summed E-state index contributed by atoms with van der Waals surface area (Å²) in [5, 5.41) is 0.959. The molecule has 0 aliphatic rings. The molecule has 2 N–H and O–H groups in total. The van der Waals surface area contributed by atoms with Crippen LogP contribution >= 0.6 is 0 Å². The van der Waals surface area contributed by atoms with Gasteiger partial charge in [-0.3, -0.25) is 0 Å². The van der Waals surface area contributed by atoms with E-state index in [-0.39, 0.29) is 5.97 Å². The number of carbonyl (C=O) groups is 1. The zero-order valence-electron chi connectivity index (χ0n) is 9.57. The molecule has 1 aromatic carbocycles. The summed E-state index contributed by atoms with van der Waals surface area (Å²) in [6.45, 7) is 2.00. The van der Waals surface area contributed by atoms with Crippen molar-refractivity contribution in [1.29, 1.82) is 0 Å². The molecule has 4 nitrogen and oxygen atoms in total. The van der Waals surface area contributed by atoms with Gasteiger partial charge in [-0.15, -0.1) is 0 Å². The highest BCUT2D eigenvalue weighted by atomic mass is 16.5. The van der Waals surface area contributed by atoms with Crippen LogP contribution in [0.1, 0.15) is 16.1 Å². The fraction of sp³-hybridized carbons (Fsp3) is 0.250. The molecule has 0 aliphatic heterocycles. The number of anilines is 1. The van der Waals surface area contributed by atoms with Gasteiger partial charge in [-0.25, -0.2) is 4.79 Å². The second-order valence-corrected chi connectivity index (χ2v) is 3.84. The van der Waals surface area contributed by atoms with E-state index in [0.717, 1.165) is 16.6 Å². The number of hydrogen-bond acceptors (Lipinski definition) is 3. The zero-order chi connectivity index (χ0) is 11.9. The third kappa shape index (κ3) is 1.43. The van der Waals surface area contributed by atoms with Crippen molar-refractivity contribution in [2.75, 3.05) is 12.8 Å². The Morgan fingerprint density at radius 3 is 2.69 bits per heavy atom. The zero-order valence-corrected chi connectivity index (χ0v) is 9.57. The highest BCUT2D eigenvalue weighted by Gasteiger charge is 2.12. The number of nitrogens with zero attached hydrogens (tertiary/aromatic N) is 1. The Kier molecular flexibility index (Phi) is 2.34. The van der Waals surface area contributed by atoms with E-state index in [1.165, 1.54) is 7.11 Å². The van der Waals surface area contributed by atoms with Crippen molar-refractivity contribution in [3.8, 4) is 0 Å². The number of aromatic nitrogens is 1. The number of benzene rings is 1. The molecular formula is C12H14N2O2. The predicted octanol–water partition coefficient (Wildman–Crippen LogP) is 1.86. The van der Waals surface area contributed by atoms with Crippen LogP contribution in [0.5, 0.6) is 0 Å². The summed E-state index contributed by atoms with van der Waals surface area (Å²) in [6.07, 6.45) is 0. The first-order valence-electron chi connectivity index (χ1n) is 4.98. The molecule has 0 unspecified atom stereocenters. The van der Waals surface area contributed by atoms with Crippen molar-refractivity contribution in [3.63, 3.8) is 0 Å². The normalized spacial score (nSPS) is 10.7. The molecule has 0 amide bonds. The van der Waals surface area contributed by atoms with Crippen molar-refractivity contribution in [3.05, 3.63) is 29.5 Å². The van der Waals surface area contributed by atoms with Crippen LogP contribution in [0.3, 0.4) is 0 Å². The number of hydrogen-bond donors (Lipinski definition) is 1. The minimum Gasteiger partial charge on any atom is -0.465 e. The maximum Gasteiger partial charge on any atom is 0.337 e. The standard InChI is InChI=1S/C12H14N2O2/c1-7-4-8-5-9(12(15)16-3)6-10(13)11(8)14(7)2/h4-6H,13H2,1-3H3. The van der Waals surface area contributed by atoms with Crippen LogP contribution in [0.25, 0.3) is 10.9 Å². The van der Waals surface area contributed by atoms with Gasteiger partial charge in [-0.05, 0) is 25.1 Å². The smallest absolute Gasteiger partial charge is 0.337 e. The minimum atomic E-state index is -0.366. The summed E-state index contributed by atoms with van der Waals surface area (Å²) in [7, 11) is 3.31. The first-order chi connectivity index (χ1) is 7.54. The molecule has 0 saturated heterocycles. The van der Waals surface area contributed by atoms with Gasteiger partial charge >= 0.3 is 5.97 Å². The van der Waals surface area contributed by atoms with Gasteiger partial charge in [0.2, 0.25) is 0 Å². The van der Waals surface area contributed by atoms with Gasteiger partial charge in [-0.1, -0.05) is 0 Å². The number of esters is 1. The topological polar surface area (TPSA) is 57.2 Å². The summed E-state index contributed by atoms with van der Waals surface area (Å²) in [6, 6.07) is 5.44. The van der Waals surface area contributed by atoms with Gasteiger partial charge in [0.1, 0.15) is 0 Å². The molecule has 0 atom stereocenters. The Labute approximate surface area is 93.6 Å². The van der Waals surface area contributed by atoms with E-state index in [1.54, 1.807) is 12.1 Å². The summed E-state index contributed by atoms with van der Waals surface area (Å²) in [5.41, 5.74) is 9.06. The van der Waals surface area contributed by atoms with Crippen molar-refractivity contribution < 1.29 is 9.53 Å². The number of methoxy groups -OCH3 is 1. The quantitative estimate of drug-likeness (QED) is 0.587. The molecule has 0 bridgehead atoms. The molecule has 2 aromatic rings. The van der Waals surface area contributed by atoms with Gasteiger partial charge in [0.05, 0.1) is 23.9 Å². The van der Waals surface area contributed by atoms with E-state index in [2.05, 4.69) is 4.74 Å². The van der Waals surface area contributed by atoms with Crippen LogP contribution in [-0.2, 0) is 11.8 Å². The van der Waals surface area contributed by atoms with Crippen LogP contribution in [0.2, 0.25) is 0 Å². The molecule has 0 fully saturated rings. The first-order valence-corrected chi connectivity index (χ1v) is 4.98. The third-order valence-electron chi connectivity index (χ3n) is 2.82. The highest BCUT2D eigenvalue weighted by molar-refractivity contribution is 6.00. The van der Waals surface area contributed by atoms with Gasteiger partial charge in [0.15, 0.2) is 0 Å². The van der Waals surface area contributed by atoms with E-state index in [4.69, 9.17) is 5.73 Å². The fourth-order valence-corrected chi connectivity index (χ4v) is 1.91. The number of nitrogen functional groups attached to an aromatic ring is 1. The number of ether oxygens (including phenoxy) is 1. The molecular weight excluding hydrogens is 204 g/mol. The second-order valence-electron chi connectivity index (χ2n) is 3.84. The van der Waals surface area contributed by atoms with Crippen LogP contribution in [0, 0.1) is 6.92 Å². The Morgan fingerprint density at radius 2 is 2.06 bits per heavy atom. The number of rotatable bonds is 1. The molecule has 4 heteroatoms. The van der Waals surface area contributed by atoms with Crippen LogP contribution in [0.15, 0.2) is 18.2 Å². The van der Waals surface area contributed by atoms with Crippen molar-refractivity contribution in [2.45, 2.75) is 6.92 Å². The molecule has 0 aliphatic carbocycles. The largest absolute Gasteiger partial charge is 0.465 e. The van der Waals surface area contributed by atoms with Crippen LogP contribution < -0.4 is 5.73 Å². The van der Waals surface area contributed by atoms with E-state index in [9.17, 15) is 4.79 Å². The maximum atomic E-state index is 11.4. The number of aryl methyl sites for hydroxylation is 2. The van der Waals surface area contributed by atoms with E-state index >= 15 is 0 Å².